The number of aromatic nitrogens is 4. The van der Waals surface area contributed by atoms with Gasteiger partial charge in [0.15, 0.2) is 0 Å². The van der Waals surface area contributed by atoms with Crippen LogP contribution in [0.15, 0.2) is 31.1 Å². The van der Waals surface area contributed by atoms with Crippen molar-refractivity contribution < 1.29 is 4.74 Å². The van der Waals surface area contributed by atoms with Crippen molar-refractivity contribution in [3.8, 4) is 0 Å². The third-order valence-electron chi connectivity index (χ3n) is 2.77. The maximum Gasteiger partial charge on any atom is 0.203 e. The summed E-state index contributed by atoms with van der Waals surface area (Å²) in [7, 11) is 1.69. The first-order chi connectivity index (χ1) is 8.81. The van der Waals surface area contributed by atoms with Crippen LogP contribution in [0.2, 0.25) is 0 Å². The maximum absolute atomic E-state index is 5.01. The second-order valence-electron chi connectivity index (χ2n) is 4.19. The minimum Gasteiger partial charge on any atom is -0.383 e. The molecule has 0 aliphatic heterocycles. The molecule has 0 aliphatic rings. The van der Waals surface area contributed by atoms with Crippen LogP contribution in [0.5, 0.6) is 0 Å². The van der Waals surface area contributed by atoms with Crippen molar-refractivity contribution in [2.24, 2.45) is 0 Å². The molecule has 0 amide bonds. The highest BCUT2D eigenvalue weighted by Gasteiger charge is 2.09. The van der Waals surface area contributed by atoms with Crippen LogP contribution in [-0.2, 0) is 11.3 Å². The molecule has 0 saturated heterocycles. The van der Waals surface area contributed by atoms with Gasteiger partial charge in [0, 0.05) is 45.0 Å². The molecule has 0 aromatic carbocycles. The number of ether oxygens (including phenoxy) is 1. The zero-order valence-corrected chi connectivity index (χ0v) is 10.8. The molecule has 1 atom stereocenters. The molecule has 2 aromatic heterocycles. The zero-order chi connectivity index (χ0) is 12.8. The van der Waals surface area contributed by atoms with Gasteiger partial charge in [0.1, 0.15) is 0 Å². The largest absolute Gasteiger partial charge is 0.383 e. The second-order valence-corrected chi connectivity index (χ2v) is 4.19. The Morgan fingerprint density at radius 2 is 2.28 bits per heavy atom. The van der Waals surface area contributed by atoms with Crippen molar-refractivity contribution in [1.29, 1.82) is 0 Å². The Labute approximate surface area is 107 Å². The normalized spacial score (nSPS) is 12.6. The average molecular weight is 249 g/mol. The van der Waals surface area contributed by atoms with E-state index in [1.54, 1.807) is 19.5 Å². The highest BCUT2D eigenvalue weighted by Crippen LogP contribution is 2.15. The lowest BCUT2D eigenvalue weighted by molar-refractivity contribution is 0.210. The predicted molar refractivity (Wildman–Crippen MR) is 69.5 cm³/mol. The van der Waals surface area contributed by atoms with E-state index in [0.717, 1.165) is 19.0 Å². The summed E-state index contributed by atoms with van der Waals surface area (Å²) in [5, 5.41) is 3.26. The monoisotopic (exact) mass is 249 g/mol. The Morgan fingerprint density at radius 1 is 1.39 bits per heavy atom. The molecule has 6 heteroatoms. The number of nitrogens with one attached hydrogen (secondary N) is 1. The molecule has 0 radical (unpaired) electrons. The van der Waals surface area contributed by atoms with Gasteiger partial charge in [0.05, 0.1) is 19.0 Å². The van der Waals surface area contributed by atoms with Gasteiger partial charge >= 0.3 is 0 Å². The SMILES string of the molecule is COCCNc1nccn1C(C)Cn1ccnc1. The van der Waals surface area contributed by atoms with Crippen LogP contribution >= 0.6 is 0 Å². The summed E-state index contributed by atoms with van der Waals surface area (Å²) in [5.41, 5.74) is 0. The lowest BCUT2D eigenvalue weighted by atomic mass is 10.3. The highest BCUT2D eigenvalue weighted by molar-refractivity contribution is 5.26. The Kier molecular flexibility index (Phi) is 4.35. The van der Waals surface area contributed by atoms with E-state index in [1.165, 1.54) is 0 Å². The summed E-state index contributed by atoms with van der Waals surface area (Å²) in [5.74, 6) is 0.875. The maximum atomic E-state index is 5.01. The van der Waals surface area contributed by atoms with Crippen LogP contribution in [-0.4, -0.2) is 39.4 Å². The summed E-state index contributed by atoms with van der Waals surface area (Å²) < 4.78 is 9.19. The van der Waals surface area contributed by atoms with E-state index in [-0.39, 0.29) is 0 Å². The Morgan fingerprint density at radius 3 is 3.00 bits per heavy atom. The number of imidazole rings is 2. The molecule has 6 nitrogen and oxygen atoms in total. The molecule has 0 bridgehead atoms. The number of nitrogens with zero attached hydrogens (tertiary/aromatic N) is 4. The first-order valence-electron chi connectivity index (χ1n) is 6.02. The smallest absolute Gasteiger partial charge is 0.203 e. The van der Waals surface area contributed by atoms with E-state index in [4.69, 9.17) is 4.74 Å². The molecule has 0 saturated carbocycles. The molecule has 0 fully saturated rings. The minimum atomic E-state index is 0.312. The number of rotatable bonds is 7. The van der Waals surface area contributed by atoms with Gasteiger partial charge in [-0.1, -0.05) is 0 Å². The molecule has 2 rings (SSSR count). The van der Waals surface area contributed by atoms with E-state index in [0.29, 0.717) is 12.6 Å². The summed E-state index contributed by atoms with van der Waals surface area (Å²) >= 11 is 0. The number of methoxy groups -OCH3 is 1. The topological polar surface area (TPSA) is 56.9 Å². The minimum absolute atomic E-state index is 0.312. The van der Waals surface area contributed by atoms with Crippen LogP contribution < -0.4 is 5.32 Å². The Balaban J connectivity index is 1.97. The van der Waals surface area contributed by atoms with Gasteiger partial charge in [-0.05, 0) is 6.92 Å². The molecular formula is C12H19N5O. The van der Waals surface area contributed by atoms with Crippen LogP contribution in [0.1, 0.15) is 13.0 Å². The number of hydrogen-bond acceptors (Lipinski definition) is 4. The van der Waals surface area contributed by atoms with Gasteiger partial charge < -0.3 is 19.2 Å². The van der Waals surface area contributed by atoms with Gasteiger partial charge in [0.2, 0.25) is 5.95 Å². The van der Waals surface area contributed by atoms with Crippen LogP contribution in [0.25, 0.3) is 0 Å². The molecule has 1 unspecified atom stereocenters. The molecule has 98 valence electrons. The van der Waals surface area contributed by atoms with Crippen molar-refractivity contribution >= 4 is 5.95 Å². The van der Waals surface area contributed by atoms with Crippen molar-refractivity contribution in [2.45, 2.75) is 19.5 Å². The predicted octanol–water partition coefficient (Wildman–Crippen LogP) is 1.40. The van der Waals surface area contributed by atoms with Crippen molar-refractivity contribution in [2.75, 3.05) is 25.6 Å². The fourth-order valence-corrected chi connectivity index (χ4v) is 1.86. The van der Waals surface area contributed by atoms with E-state index >= 15 is 0 Å². The first kappa shape index (κ1) is 12.6. The third-order valence-corrected chi connectivity index (χ3v) is 2.77. The molecule has 2 heterocycles. The molecule has 1 N–H and O–H groups in total. The van der Waals surface area contributed by atoms with E-state index in [2.05, 4.69) is 31.3 Å². The molecule has 0 spiro atoms. The summed E-state index contributed by atoms with van der Waals surface area (Å²) in [6, 6.07) is 0.312. The Bertz CT molecular complexity index is 451. The van der Waals surface area contributed by atoms with Crippen LogP contribution in [0.3, 0.4) is 0 Å². The number of anilines is 1. The lowest BCUT2D eigenvalue weighted by Crippen LogP contribution is -2.17. The average Bonchev–Trinajstić information content (AvgIpc) is 3.00. The molecule has 2 aromatic rings. The fourth-order valence-electron chi connectivity index (χ4n) is 1.86. The first-order valence-corrected chi connectivity index (χ1v) is 6.02. The summed E-state index contributed by atoms with van der Waals surface area (Å²) in [6.45, 7) is 4.45. The van der Waals surface area contributed by atoms with Crippen LogP contribution in [0.4, 0.5) is 5.95 Å². The van der Waals surface area contributed by atoms with Crippen molar-refractivity contribution in [1.82, 2.24) is 19.1 Å². The second kappa shape index (κ2) is 6.20. The van der Waals surface area contributed by atoms with Gasteiger partial charge in [-0.25, -0.2) is 9.97 Å². The summed E-state index contributed by atoms with van der Waals surface area (Å²) in [4.78, 5) is 8.36. The third kappa shape index (κ3) is 3.10. The lowest BCUT2D eigenvalue weighted by Gasteiger charge is -2.17. The number of hydrogen-bond donors (Lipinski definition) is 1. The van der Waals surface area contributed by atoms with Gasteiger partial charge in [-0.3, -0.25) is 0 Å². The van der Waals surface area contributed by atoms with Gasteiger partial charge in [-0.15, -0.1) is 0 Å². The summed E-state index contributed by atoms with van der Waals surface area (Å²) in [6.07, 6.45) is 9.37. The fraction of sp³-hybridized carbons (Fsp3) is 0.500. The standard InChI is InChI=1S/C12H19N5O/c1-11(9-16-6-3-13-10-16)17-7-4-14-12(17)15-5-8-18-2/h3-4,6-7,10-11H,5,8-9H2,1-2H3,(H,14,15). The molecule has 0 aliphatic carbocycles. The van der Waals surface area contributed by atoms with Gasteiger partial charge in [-0.2, -0.15) is 0 Å². The van der Waals surface area contributed by atoms with Crippen LogP contribution in [0, 0.1) is 0 Å². The quantitative estimate of drug-likeness (QED) is 0.754. The van der Waals surface area contributed by atoms with Crippen molar-refractivity contribution in [3.05, 3.63) is 31.1 Å². The molecular weight excluding hydrogens is 230 g/mol. The van der Waals surface area contributed by atoms with E-state index in [1.807, 2.05) is 18.7 Å². The van der Waals surface area contributed by atoms with E-state index in [9.17, 15) is 0 Å². The van der Waals surface area contributed by atoms with E-state index < -0.39 is 0 Å². The van der Waals surface area contributed by atoms with Crippen molar-refractivity contribution in [3.63, 3.8) is 0 Å². The Hall–Kier alpha value is -1.82. The highest BCUT2D eigenvalue weighted by atomic mass is 16.5. The zero-order valence-electron chi connectivity index (χ0n) is 10.8. The molecule has 18 heavy (non-hydrogen) atoms. The van der Waals surface area contributed by atoms with Gasteiger partial charge in [0.25, 0.3) is 0 Å².